The summed E-state index contributed by atoms with van der Waals surface area (Å²) >= 11 is 0. The summed E-state index contributed by atoms with van der Waals surface area (Å²) in [5, 5.41) is 10.7. The second-order valence-corrected chi connectivity index (χ2v) is 7.27. The highest BCUT2D eigenvalue weighted by Crippen LogP contribution is 2.38. The van der Waals surface area contributed by atoms with Crippen LogP contribution in [-0.4, -0.2) is 27.8 Å². The van der Waals surface area contributed by atoms with Crippen LogP contribution in [0.4, 0.5) is 11.9 Å². The summed E-state index contributed by atoms with van der Waals surface area (Å²) in [5.41, 5.74) is 2.25. The van der Waals surface area contributed by atoms with Gasteiger partial charge in [0.15, 0.2) is 5.76 Å². The Hall–Kier alpha value is -4.07. The summed E-state index contributed by atoms with van der Waals surface area (Å²) in [6, 6.07) is 21.4. The van der Waals surface area contributed by atoms with Crippen LogP contribution in [0.1, 0.15) is 40.2 Å². The molecule has 0 saturated heterocycles. The highest BCUT2D eigenvalue weighted by molar-refractivity contribution is 6.01. The first kappa shape index (κ1) is 18.9. The van der Waals surface area contributed by atoms with Crippen molar-refractivity contribution in [3.05, 3.63) is 89.9 Å². The standard InChI is InChI=1S/C23H21N5O3/c1-30-17-11-9-16(10-12-17)19-14-18(15-6-3-2-4-7-15)24-23-26-22(27-28(19)23)25-21(29)20-8-5-13-31-20/h2-13,18-19H,14H2,1H3,(H2,24,25,26,27,29)/t18-,19+/m1/s1. The van der Waals surface area contributed by atoms with Crippen LogP contribution >= 0.6 is 0 Å². The van der Waals surface area contributed by atoms with Gasteiger partial charge in [0.05, 0.1) is 25.5 Å². The van der Waals surface area contributed by atoms with E-state index in [2.05, 4.69) is 32.8 Å². The zero-order valence-electron chi connectivity index (χ0n) is 16.9. The number of carbonyl (C=O) groups is 1. The maximum absolute atomic E-state index is 12.4. The van der Waals surface area contributed by atoms with Gasteiger partial charge >= 0.3 is 0 Å². The zero-order chi connectivity index (χ0) is 21.2. The molecule has 0 bridgehead atoms. The number of rotatable bonds is 5. The van der Waals surface area contributed by atoms with E-state index >= 15 is 0 Å². The minimum absolute atomic E-state index is 0.0543. The van der Waals surface area contributed by atoms with Gasteiger partial charge < -0.3 is 14.5 Å². The Morgan fingerprint density at radius 1 is 1.10 bits per heavy atom. The van der Waals surface area contributed by atoms with E-state index in [1.165, 1.54) is 6.26 Å². The Labute approximate surface area is 178 Å². The summed E-state index contributed by atoms with van der Waals surface area (Å²) in [4.78, 5) is 16.9. The molecule has 1 aliphatic heterocycles. The van der Waals surface area contributed by atoms with Gasteiger partial charge in [0.1, 0.15) is 5.75 Å². The molecule has 4 aromatic rings. The normalized spacial score (nSPS) is 17.5. The number of anilines is 2. The molecule has 8 nitrogen and oxygen atoms in total. The van der Waals surface area contributed by atoms with Crippen molar-refractivity contribution in [2.75, 3.05) is 17.7 Å². The van der Waals surface area contributed by atoms with Crippen LogP contribution in [0.5, 0.6) is 5.75 Å². The highest BCUT2D eigenvalue weighted by Gasteiger charge is 2.31. The minimum Gasteiger partial charge on any atom is -0.497 e. The molecule has 0 aliphatic carbocycles. The Balaban J connectivity index is 1.49. The molecule has 2 aromatic carbocycles. The largest absolute Gasteiger partial charge is 0.497 e. The van der Waals surface area contributed by atoms with Gasteiger partial charge in [0.2, 0.25) is 5.95 Å². The van der Waals surface area contributed by atoms with Gasteiger partial charge in [-0.15, -0.1) is 5.10 Å². The van der Waals surface area contributed by atoms with E-state index in [-0.39, 0.29) is 23.8 Å². The summed E-state index contributed by atoms with van der Waals surface area (Å²) in [5.74, 6) is 1.41. The summed E-state index contributed by atoms with van der Waals surface area (Å²) in [6.45, 7) is 0. The van der Waals surface area contributed by atoms with Crippen LogP contribution in [-0.2, 0) is 0 Å². The number of methoxy groups -OCH3 is 1. The van der Waals surface area contributed by atoms with E-state index in [0.717, 1.165) is 23.3 Å². The van der Waals surface area contributed by atoms with Crippen molar-refractivity contribution in [3.63, 3.8) is 0 Å². The van der Waals surface area contributed by atoms with Gasteiger partial charge in [-0.3, -0.25) is 10.1 Å². The number of hydrogen-bond acceptors (Lipinski definition) is 6. The fourth-order valence-corrected chi connectivity index (χ4v) is 3.81. The van der Waals surface area contributed by atoms with Gasteiger partial charge in [-0.25, -0.2) is 4.68 Å². The van der Waals surface area contributed by atoms with E-state index in [4.69, 9.17) is 9.15 Å². The molecule has 2 N–H and O–H groups in total. The Morgan fingerprint density at radius 3 is 2.61 bits per heavy atom. The van der Waals surface area contributed by atoms with Crippen molar-refractivity contribution in [2.45, 2.75) is 18.5 Å². The number of fused-ring (bicyclic) bond motifs is 1. The molecule has 2 aromatic heterocycles. The first-order chi connectivity index (χ1) is 15.2. The number of nitrogens with one attached hydrogen (secondary N) is 2. The topological polar surface area (TPSA) is 94.2 Å². The summed E-state index contributed by atoms with van der Waals surface area (Å²) in [6.07, 6.45) is 2.23. The molecule has 1 aliphatic rings. The van der Waals surface area contributed by atoms with Gasteiger partial charge in [-0.2, -0.15) is 4.98 Å². The Morgan fingerprint density at radius 2 is 1.90 bits per heavy atom. The summed E-state index contributed by atoms with van der Waals surface area (Å²) < 4.78 is 12.3. The van der Waals surface area contributed by atoms with Crippen LogP contribution in [0, 0.1) is 0 Å². The van der Waals surface area contributed by atoms with Crippen molar-refractivity contribution in [1.29, 1.82) is 0 Å². The molecule has 0 fully saturated rings. The van der Waals surface area contributed by atoms with Crippen LogP contribution in [0.25, 0.3) is 0 Å². The molecule has 5 rings (SSSR count). The number of nitrogens with zero attached hydrogens (tertiary/aromatic N) is 3. The fourth-order valence-electron chi connectivity index (χ4n) is 3.81. The van der Waals surface area contributed by atoms with E-state index in [1.54, 1.807) is 19.2 Å². The number of aromatic nitrogens is 3. The van der Waals surface area contributed by atoms with Crippen LogP contribution in [0.2, 0.25) is 0 Å². The van der Waals surface area contributed by atoms with Gasteiger partial charge in [-0.1, -0.05) is 42.5 Å². The second kappa shape index (κ2) is 7.98. The molecular formula is C23H21N5O3. The van der Waals surface area contributed by atoms with Crippen molar-refractivity contribution in [2.24, 2.45) is 0 Å². The maximum Gasteiger partial charge on any atom is 0.293 e. The molecule has 31 heavy (non-hydrogen) atoms. The number of hydrogen-bond donors (Lipinski definition) is 2. The van der Waals surface area contributed by atoms with Crippen molar-refractivity contribution in [3.8, 4) is 5.75 Å². The molecule has 156 valence electrons. The predicted octanol–water partition coefficient (Wildman–Crippen LogP) is 4.28. The molecule has 8 heteroatoms. The van der Waals surface area contributed by atoms with Gasteiger partial charge in [0.25, 0.3) is 11.9 Å². The summed E-state index contributed by atoms with van der Waals surface area (Å²) in [7, 11) is 1.65. The van der Waals surface area contributed by atoms with Crippen molar-refractivity contribution in [1.82, 2.24) is 14.8 Å². The molecule has 2 atom stereocenters. The maximum atomic E-state index is 12.4. The molecule has 1 amide bonds. The third kappa shape index (κ3) is 3.75. The quantitative estimate of drug-likeness (QED) is 0.505. The Kier molecular flexibility index (Phi) is 4.87. The number of benzene rings is 2. The SMILES string of the molecule is COc1ccc([C@@H]2C[C@H](c3ccccc3)Nc3nc(NC(=O)c4ccco4)nn32)cc1. The third-order valence-corrected chi connectivity index (χ3v) is 5.36. The van der Waals surface area contributed by atoms with E-state index in [9.17, 15) is 4.79 Å². The Bertz CT molecular complexity index is 1170. The van der Waals surface area contributed by atoms with E-state index in [0.29, 0.717) is 5.95 Å². The molecular weight excluding hydrogens is 394 g/mol. The molecule has 0 saturated carbocycles. The number of amides is 1. The monoisotopic (exact) mass is 415 g/mol. The highest BCUT2D eigenvalue weighted by atomic mass is 16.5. The molecule has 0 radical (unpaired) electrons. The average Bonchev–Trinajstić information content (AvgIpc) is 3.49. The average molecular weight is 415 g/mol. The first-order valence-corrected chi connectivity index (χ1v) is 9.98. The minimum atomic E-state index is -0.395. The number of ether oxygens (including phenoxy) is 1. The molecule has 0 unspecified atom stereocenters. The lowest BCUT2D eigenvalue weighted by Crippen LogP contribution is -2.28. The fraction of sp³-hybridized carbons (Fsp3) is 0.174. The smallest absolute Gasteiger partial charge is 0.293 e. The predicted molar refractivity (Wildman–Crippen MR) is 115 cm³/mol. The lowest BCUT2D eigenvalue weighted by molar-refractivity contribution is 0.0995. The van der Waals surface area contributed by atoms with Crippen molar-refractivity contribution < 1.29 is 13.9 Å². The second-order valence-electron chi connectivity index (χ2n) is 7.27. The van der Waals surface area contributed by atoms with Gasteiger partial charge in [-0.05, 0) is 41.8 Å². The molecule has 0 spiro atoms. The van der Waals surface area contributed by atoms with E-state index in [1.807, 2.05) is 47.1 Å². The first-order valence-electron chi connectivity index (χ1n) is 9.98. The number of furan rings is 1. The molecule has 3 heterocycles. The van der Waals surface area contributed by atoms with Crippen LogP contribution in [0.15, 0.2) is 77.4 Å². The van der Waals surface area contributed by atoms with Crippen LogP contribution < -0.4 is 15.4 Å². The van der Waals surface area contributed by atoms with E-state index < -0.39 is 5.91 Å². The third-order valence-electron chi connectivity index (χ3n) is 5.36. The zero-order valence-corrected chi connectivity index (χ0v) is 16.9. The number of carbonyl (C=O) groups excluding carboxylic acids is 1. The van der Waals surface area contributed by atoms with Gasteiger partial charge in [0, 0.05) is 0 Å². The lowest BCUT2D eigenvalue weighted by Gasteiger charge is -2.31. The lowest BCUT2D eigenvalue weighted by atomic mass is 9.93. The van der Waals surface area contributed by atoms with Crippen LogP contribution in [0.3, 0.4) is 0 Å². The van der Waals surface area contributed by atoms with Crippen molar-refractivity contribution >= 4 is 17.8 Å².